The highest BCUT2D eigenvalue weighted by atomic mass is 16.2. The largest absolute Gasteiger partial charge is 0.369 e. The number of hydrogen-bond donors (Lipinski definition) is 2. The maximum absolute atomic E-state index is 13.9. The average Bonchev–Trinajstić information content (AvgIpc) is 3.36. The standard InChI is InChI=1S/C28H42N4O3/c1-18(2)16-22(28(25(29)34)13-10-19(17-28)30-5)24(33)31-14-11-20(12-15-31)32-23-9-7-6-8-21(23)27(3,4)26(32)35/h6-9,18-20,22,30H,10-17H2,1-5H3,(H2,29,34)/t19?,22-,28?/m1/s1. The van der Waals surface area contributed by atoms with E-state index < -0.39 is 16.7 Å². The summed E-state index contributed by atoms with van der Waals surface area (Å²) >= 11 is 0. The van der Waals surface area contributed by atoms with E-state index in [4.69, 9.17) is 5.73 Å². The van der Waals surface area contributed by atoms with E-state index in [1.807, 2.05) is 55.0 Å². The van der Waals surface area contributed by atoms with Crippen molar-refractivity contribution in [1.29, 1.82) is 0 Å². The fourth-order valence-electron chi connectivity index (χ4n) is 6.73. The predicted octanol–water partition coefficient (Wildman–Crippen LogP) is 3.21. The van der Waals surface area contributed by atoms with Gasteiger partial charge in [0.15, 0.2) is 0 Å². The summed E-state index contributed by atoms with van der Waals surface area (Å²) in [4.78, 5) is 44.0. The zero-order chi connectivity index (χ0) is 25.5. The molecule has 2 heterocycles. The van der Waals surface area contributed by atoms with Crippen LogP contribution in [0.25, 0.3) is 0 Å². The molecule has 1 saturated heterocycles. The zero-order valence-corrected chi connectivity index (χ0v) is 22.0. The molecule has 1 aromatic rings. The SMILES string of the molecule is CNC1CCC(C(N)=O)([C@H](CC(C)C)C(=O)N2CCC(N3C(=O)C(C)(C)c4ccccc43)CC2)C1. The summed E-state index contributed by atoms with van der Waals surface area (Å²) in [5, 5.41) is 3.29. The Morgan fingerprint density at radius 3 is 2.37 bits per heavy atom. The van der Waals surface area contributed by atoms with Crippen molar-refractivity contribution in [2.24, 2.45) is 23.0 Å². The molecule has 3 atom stereocenters. The maximum Gasteiger partial charge on any atom is 0.237 e. The number of hydrogen-bond acceptors (Lipinski definition) is 4. The molecule has 2 fully saturated rings. The van der Waals surface area contributed by atoms with Crippen LogP contribution in [0.2, 0.25) is 0 Å². The van der Waals surface area contributed by atoms with Crippen LogP contribution in [0.1, 0.15) is 71.8 Å². The Bertz CT molecular complexity index is 982. The van der Waals surface area contributed by atoms with E-state index in [0.717, 1.165) is 30.5 Å². The summed E-state index contributed by atoms with van der Waals surface area (Å²) < 4.78 is 0. The van der Waals surface area contributed by atoms with Gasteiger partial charge in [0.1, 0.15) is 0 Å². The van der Waals surface area contributed by atoms with Gasteiger partial charge in [-0.1, -0.05) is 32.0 Å². The van der Waals surface area contributed by atoms with Gasteiger partial charge in [0, 0.05) is 30.9 Å². The van der Waals surface area contributed by atoms with Gasteiger partial charge < -0.3 is 20.9 Å². The molecule has 2 aliphatic heterocycles. The summed E-state index contributed by atoms with van der Waals surface area (Å²) in [6.45, 7) is 9.37. The highest BCUT2D eigenvalue weighted by Gasteiger charge is 2.53. The number of rotatable bonds is 7. The smallest absolute Gasteiger partial charge is 0.237 e. The molecule has 3 amide bonds. The Hall–Kier alpha value is -2.41. The summed E-state index contributed by atoms with van der Waals surface area (Å²) in [5.74, 6) is -0.264. The monoisotopic (exact) mass is 482 g/mol. The van der Waals surface area contributed by atoms with Gasteiger partial charge in [-0.25, -0.2) is 0 Å². The van der Waals surface area contributed by atoms with Crippen molar-refractivity contribution in [3.8, 4) is 0 Å². The first-order valence-corrected chi connectivity index (χ1v) is 13.2. The normalized spacial score (nSPS) is 27.4. The minimum Gasteiger partial charge on any atom is -0.369 e. The van der Waals surface area contributed by atoms with Crippen molar-refractivity contribution in [3.63, 3.8) is 0 Å². The Labute approximate surface area is 209 Å². The number of amides is 3. The van der Waals surface area contributed by atoms with Gasteiger partial charge in [0.25, 0.3) is 0 Å². The maximum atomic E-state index is 13.9. The first-order chi connectivity index (χ1) is 16.5. The molecule has 3 N–H and O–H groups in total. The van der Waals surface area contributed by atoms with Gasteiger partial charge in [0.2, 0.25) is 17.7 Å². The number of primary amides is 1. The van der Waals surface area contributed by atoms with E-state index >= 15 is 0 Å². The predicted molar refractivity (Wildman–Crippen MR) is 138 cm³/mol. The lowest BCUT2D eigenvalue weighted by molar-refractivity contribution is -0.148. The third kappa shape index (κ3) is 4.37. The molecule has 7 heteroatoms. The number of fused-ring (bicyclic) bond motifs is 1. The molecule has 0 spiro atoms. The van der Waals surface area contributed by atoms with E-state index in [0.29, 0.717) is 32.4 Å². The number of anilines is 1. The van der Waals surface area contributed by atoms with Crippen LogP contribution in [-0.4, -0.2) is 54.8 Å². The molecular weight excluding hydrogens is 440 g/mol. The first kappa shape index (κ1) is 25.7. The van der Waals surface area contributed by atoms with E-state index in [2.05, 4.69) is 19.2 Å². The van der Waals surface area contributed by atoms with E-state index in [9.17, 15) is 14.4 Å². The molecular formula is C28H42N4O3. The quantitative estimate of drug-likeness (QED) is 0.624. The number of carbonyl (C=O) groups excluding carboxylic acids is 3. The molecule has 2 unspecified atom stereocenters. The highest BCUT2D eigenvalue weighted by Crippen LogP contribution is 2.48. The number of benzene rings is 1. The van der Waals surface area contributed by atoms with Gasteiger partial charge in [-0.15, -0.1) is 0 Å². The summed E-state index contributed by atoms with van der Waals surface area (Å²) in [7, 11) is 1.91. The summed E-state index contributed by atoms with van der Waals surface area (Å²) in [6.07, 6.45) is 4.26. The van der Waals surface area contributed by atoms with Gasteiger partial charge in [-0.05, 0) is 77.0 Å². The van der Waals surface area contributed by atoms with Crippen molar-refractivity contribution >= 4 is 23.4 Å². The third-order valence-electron chi connectivity index (χ3n) is 8.85. The number of nitrogens with two attached hydrogens (primary N) is 1. The fraction of sp³-hybridized carbons (Fsp3) is 0.679. The molecule has 35 heavy (non-hydrogen) atoms. The number of likely N-dealkylation sites (tertiary alicyclic amines) is 1. The number of nitrogens with zero attached hydrogens (tertiary/aromatic N) is 2. The van der Waals surface area contributed by atoms with Crippen LogP contribution in [0, 0.1) is 17.3 Å². The lowest BCUT2D eigenvalue weighted by Gasteiger charge is -2.42. The lowest BCUT2D eigenvalue weighted by atomic mass is 9.69. The van der Waals surface area contributed by atoms with Crippen LogP contribution in [0.3, 0.4) is 0 Å². The third-order valence-corrected chi connectivity index (χ3v) is 8.85. The fourth-order valence-corrected chi connectivity index (χ4v) is 6.73. The number of para-hydroxylation sites is 1. The molecule has 1 aromatic carbocycles. The molecule has 3 aliphatic rings. The van der Waals surface area contributed by atoms with E-state index in [1.165, 1.54) is 0 Å². The van der Waals surface area contributed by atoms with Gasteiger partial charge >= 0.3 is 0 Å². The van der Waals surface area contributed by atoms with E-state index in [-0.39, 0.29) is 35.7 Å². The Kier molecular flexibility index (Phi) is 7.02. The lowest BCUT2D eigenvalue weighted by Crippen LogP contribution is -2.54. The summed E-state index contributed by atoms with van der Waals surface area (Å²) in [6, 6.07) is 8.34. The van der Waals surface area contributed by atoms with Crippen LogP contribution in [0.15, 0.2) is 24.3 Å². The second-order valence-corrected chi connectivity index (χ2v) is 11.8. The zero-order valence-electron chi connectivity index (χ0n) is 22.0. The molecule has 0 radical (unpaired) electrons. The van der Waals surface area contributed by atoms with Gasteiger partial charge in [-0.3, -0.25) is 14.4 Å². The van der Waals surface area contributed by atoms with Crippen molar-refractivity contribution in [3.05, 3.63) is 29.8 Å². The first-order valence-electron chi connectivity index (χ1n) is 13.2. The topological polar surface area (TPSA) is 95.7 Å². The number of carbonyl (C=O) groups is 3. The van der Waals surface area contributed by atoms with Crippen LogP contribution < -0.4 is 16.0 Å². The second kappa shape index (κ2) is 9.57. The molecule has 1 aliphatic carbocycles. The molecule has 0 bridgehead atoms. The van der Waals surface area contributed by atoms with Crippen molar-refractivity contribution < 1.29 is 14.4 Å². The van der Waals surface area contributed by atoms with Crippen molar-refractivity contribution in [2.75, 3.05) is 25.0 Å². The molecule has 7 nitrogen and oxygen atoms in total. The van der Waals surface area contributed by atoms with Crippen LogP contribution in [-0.2, 0) is 19.8 Å². The molecule has 1 saturated carbocycles. The Balaban J connectivity index is 1.52. The minimum absolute atomic E-state index is 0.0566. The van der Waals surface area contributed by atoms with Crippen LogP contribution >= 0.6 is 0 Å². The highest BCUT2D eigenvalue weighted by molar-refractivity contribution is 6.08. The Morgan fingerprint density at radius 2 is 1.80 bits per heavy atom. The van der Waals surface area contributed by atoms with Gasteiger partial charge in [-0.2, -0.15) is 0 Å². The summed E-state index contributed by atoms with van der Waals surface area (Å²) in [5.41, 5.74) is 6.75. The number of piperidine rings is 1. The minimum atomic E-state index is -0.792. The van der Waals surface area contributed by atoms with Crippen molar-refractivity contribution in [2.45, 2.75) is 83.7 Å². The van der Waals surface area contributed by atoms with E-state index in [1.54, 1.807) is 0 Å². The Morgan fingerprint density at radius 1 is 1.14 bits per heavy atom. The molecule has 4 rings (SSSR count). The number of nitrogens with one attached hydrogen (secondary N) is 1. The molecule has 192 valence electrons. The van der Waals surface area contributed by atoms with Crippen LogP contribution in [0.4, 0.5) is 5.69 Å². The second-order valence-electron chi connectivity index (χ2n) is 11.8. The average molecular weight is 483 g/mol. The van der Waals surface area contributed by atoms with Crippen molar-refractivity contribution in [1.82, 2.24) is 10.2 Å². The van der Waals surface area contributed by atoms with Crippen LogP contribution in [0.5, 0.6) is 0 Å². The van der Waals surface area contributed by atoms with Gasteiger partial charge in [0.05, 0.1) is 16.7 Å². The molecule has 0 aromatic heterocycles.